The minimum atomic E-state index is -4.40. The summed E-state index contributed by atoms with van der Waals surface area (Å²) in [6, 6.07) is 0. The zero-order valence-electron chi connectivity index (χ0n) is 36.6. The molecule has 2 rings (SSSR count). The van der Waals surface area contributed by atoms with E-state index in [1.165, 1.54) is 22.3 Å². The van der Waals surface area contributed by atoms with Crippen LogP contribution in [0.5, 0.6) is 0 Å². The maximum atomic E-state index is 12.8. The monoisotopic (exact) mass is 811 g/mol. The van der Waals surface area contributed by atoms with Crippen molar-refractivity contribution in [1.29, 1.82) is 0 Å². The van der Waals surface area contributed by atoms with Crippen LogP contribution in [0.25, 0.3) is 0 Å². The zero-order chi connectivity index (χ0) is 41.6. The molecule has 322 valence electrons. The van der Waals surface area contributed by atoms with Gasteiger partial charge in [0.15, 0.2) is 6.10 Å². The molecule has 2 heterocycles. The Kier molecular flexibility index (Phi) is 23.6. The molecule has 2 unspecified atom stereocenters. The van der Waals surface area contributed by atoms with Crippen molar-refractivity contribution in [3.63, 3.8) is 0 Å². The number of rotatable bonds is 32. The number of ether oxygens (including phenoxy) is 2. The summed E-state index contributed by atoms with van der Waals surface area (Å²) >= 11 is 0. The Morgan fingerprint density at radius 1 is 0.607 bits per heavy atom. The van der Waals surface area contributed by atoms with Crippen LogP contribution in [0.4, 0.5) is 0 Å². The van der Waals surface area contributed by atoms with Crippen LogP contribution in [0.2, 0.25) is 0 Å². The van der Waals surface area contributed by atoms with Crippen LogP contribution in [-0.2, 0) is 58.4 Å². The van der Waals surface area contributed by atoms with Gasteiger partial charge in [-0.15, -0.1) is 0 Å². The lowest BCUT2D eigenvalue weighted by molar-refractivity contribution is -0.870. The van der Waals surface area contributed by atoms with E-state index in [0.717, 1.165) is 126 Å². The van der Waals surface area contributed by atoms with Crippen molar-refractivity contribution in [3.05, 3.63) is 45.3 Å². The van der Waals surface area contributed by atoms with E-state index in [-0.39, 0.29) is 26.1 Å². The first-order valence-electron chi connectivity index (χ1n) is 21.5. The zero-order valence-corrected chi connectivity index (χ0v) is 37.5. The summed E-state index contributed by atoms with van der Waals surface area (Å²) in [5, 5.41) is 0. The lowest BCUT2D eigenvalue weighted by Gasteiger charge is -2.24. The van der Waals surface area contributed by atoms with Crippen molar-refractivity contribution in [2.24, 2.45) is 0 Å². The van der Waals surface area contributed by atoms with Crippen LogP contribution in [0, 0.1) is 27.7 Å². The number of quaternary nitrogens is 1. The molecule has 0 aliphatic rings. The molecule has 56 heavy (non-hydrogen) atoms. The third kappa shape index (κ3) is 20.3. The maximum Gasteiger partial charge on any atom is 0.472 e. The van der Waals surface area contributed by atoms with Gasteiger partial charge in [-0.3, -0.25) is 18.6 Å². The molecule has 0 aromatic carbocycles. The SMILES string of the molecule is CCCc1oc(CCCCCCCCC(=O)OCC(COP(=O)(O)OCC[N+](C)(C)C)OC(=O)CCCCCCCCc2oc(CCC)c(C)c2C)c(C)c1C. The van der Waals surface area contributed by atoms with Crippen LogP contribution < -0.4 is 0 Å². The minimum Gasteiger partial charge on any atom is -0.466 e. The number of hydrogen-bond donors (Lipinski definition) is 1. The molecule has 0 radical (unpaired) electrons. The third-order valence-electron chi connectivity index (χ3n) is 10.5. The lowest BCUT2D eigenvalue weighted by atomic mass is 10.0. The maximum absolute atomic E-state index is 12.8. The van der Waals surface area contributed by atoms with Crippen LogP contribution in [0.3, 0.4) is 0 Å². The second kappa shape index (κ2) is 26.5. The standard InChI is InChI=1S/C44H76NO10P/c1-10-24-39-34(3)36(5)41(54-39)26-20-16-12-14-18-22-28-43(46)50-32-38(33-52-56(48,49)51-31-30-45(7,8)9)53-44(47)29-23-19-15-13-17-21-27-42-37(6)35(4)40(55-42)25-11-2/h38H,10-33H2,1-9H3/p+1. The summed E-state index contributed by atoms with van der Waals surface area (Å²) in [5.74, 6) is 3.61. The summed E-state index contributed by atoms with van der Waals surface area (Å²) in [6.45, 7) is 12.8. The average Bonchev–Trinajstić information content (AvgIpc) is 3.55. The number of nitrogens with zero attached hydrogens (tertiary/aromatic N) is 1. The van der Waals surface area contributed by atoms with E-state index in [9.17, 15) is 19.0 Å². The number of likely N-dealkylation sites (N-methyl/N-ethyl adjacent to an activating group) is 1. The van der Waals surface area contributed by atoms with Gasteiger partial charge >= 0.3 is 19.8 Å². The fourth-order valence-electron chi connectivity index (χ4n) is 6.64. The molecule has 0 saturated heterocycles. The largest absolute Gasteiger partial charge is 0.472 e. The van der Waals surface area contributed by atoms with Crippen LogP contribution >= 0.6 is 7.82 Å². The Bertz CT molecular complexity index is 1470. The van der Waals surface area contributed by atoms with Gasteiger partial charge < -0.3 is 27.7 Å². The van der Waals surface area contributed by atoms with Crippen molar-refractivity contribution < 1.29 is 50.9 Å². The smallest absolute Gasteiger partial charge is 0.466 e. The van der Waals surface area contributed by atoms with E-state index in [4.69, 9.17) is 27.4 Å². The first-order chi connectivity index (χ1) is 26.6. The predicted molar refractivity (Wildman–Crippen MR) is 222 cm³/mol. The number of aryl methyl sites for hydroxylation is 4. The van der Waals surface area contributed by atoms with Gasteiger partial charge in [-0.1, -0.05) is 65.2 Å². The van der Waals surface area contributed by atoms with E-state index >= 15 is 0 Å². The number of furan rings is 2. The number of hydrogen-bond acceptors (Lipinski definition) is 9. The molecule has 2 aromatic heterocycles. The van der Waals surface area contributed by atoms with E-state index in [2.05, 4.69) is 41.5 Å². The van der Waals surface area contributed by atoms with Crippen molar-refractivity contribution in [2.45, 2.75) is 176 Å². The fraction of sp³-hybridized carbons (Fsp3) is 0.773. The number of carbonyl (C=O) groups excluding carboxylic acids is 2. The second-order valence-corrected chi connectivity index (χ2v) is 18.0. The summed E-state index contributed by atoms with van der Waals surface area (Å²) < 4.78 is 46.6. The Balaban J connectivity index is 1.70. The summed E-state index contributed by atoms with van der Waals surface area (Å²) in [6.07, 6.45) is 17.2. The molecule has 1 N–H and O–H groups in total. The third-order valence-corrected chi connectivity index (χ3v) is 11.5. The van der Waals surface area contributed by atoms with Crippen molar-refractivity contribution >= 4 is 19.8 Å². The Labute approximate surface area is 338 Å². The minimum absolute atomic E-state index is 0.0159. The normalized spacial score (nSPS) is 13.5. The van der Waals surface area contributed by atoms with E-state index < -0.39 is 32.5 Å². The van der Waals surface area contributed by atoms with Crippen LogP contribution in [0.15, 0.2) is 8.83 Å². The van der Waals surface area contributed by atoms with Crippen LogP contribution in [-0.4, -0.2) is 74.9 Å². The molecule has 0 bridgehead atoms. The molecule has 0 saturated carbocycles. The average molecular weight is 811 g/mol. The highest BCUT2D eigenvalue weighted by Crippen LogP contribution is 2.43. The molecule has 0 aliphatic carbocycles. The molecule has 0 amide bonds. The topological polar surface area (TPSA) is 135 Å². The predicted octanol–water partition coefficient (Wildman–Crippen LogP) is 10.6. The first-order valence-corrected chi connectivity index (χ1v) is 23.0. The number of phosphoric acid groups is 1. The molecule has 12 heteroatoms. The molecular formula is C44H77NO10P+. The van der Waals surface area contributed by atoms with Gasteiger partial charge in [-0.25, -0.2) is 4.57 Å². The Morgan fingerprint density at radius 3 is 1.46 bits per heavy atom. The van der Waals surface area contributed by atoms with Gasteiger partial charge in [0.05, 0.1) is 27.7 Å². The van der Waals surface area contributed by atoms with Gasteiger partial charge in [-0.05, 0) is 88.5 Å². The highest BCUT2D eigenvalue weighted by atomic mass is 31.2. The van der Waals surface area contributed by atoms with Crippen molar-refractivity contribution in [1.82, 2.24) is 0 Å². The second-order valence-electron chi connectivity index (χ2n) is 16.5. The van der Waals surface area contributed by atoms with Crippen molar-refractivity contribution in [2.75, 3.05) is 47.5 Å². The Hall–Kier alpha value is -2.43. The first kappa shape index (κ1) is 49.7. The molecule has 0 aliphatic heterocycles. The number of phosphoric ester groups is 1. The summed E-state index contributed by atoms with van der Waals surface area (Å²) in [5.41, 5.74) is 5.15. The fourth-order valence-corrected chi connectivity index (χ4v) is 7.38. The van der Waals surface area contributed by atoms with Crippen LogP contribution in [0.1, 0.15) is 162 Å². The summed E-state index contributed by atoms with van der Waals surface area (Å²) in [7, 11) is 1.42. The van der Waals surface area contributed by atoms with Gasteiger partial charge in [0, 0.05) is 38.5 Å². The molecule has 0 spiro atoms. The van der Waals surface area contributed by atoms with Gasteiger partial charge in [-0.2, -0.15) is 0 Å². The van der Waals surface area contributed by atoms with E-state index in [1.54, 1.807) is 0 Å². The molecule has 11 nitrogen and oxygen atoms in total. The summed E-state index contributed by atoms with van der Waals surface area (Å²) in [4.78, 5) is 35.6. The molecular weight excluding hydrogens is 733 g/mol. The highest BCUT2D eigenvalue weighted by Gasteiger charge is 2.27. The number of unbranched alkanes of at least 4 members (excludes halogenated alkanes) is 10. The quantitative estimate of drug-likeness (QED) is 0.0329. The number of carbonyl (C=O) groups is 2. The van der Waals surface area contributed by atoms with Gasteiger partial charge in [0.25, 0.3) is 0 Å². The molecule has 2 aromatic rings. The Morgan fingerprint density at radius 2 is 1.02 bits per heavy atom. The van der Waals surface area contributed by atoms with E-state index in [1.807, 2.05) is 21.1 Å². The number of esters is 2. The van der Waals surface area contributed by atoms with Gasteiger partial charge in [0.2, 0.25) is 0 Å². The van der Waals surface area contributed by atoms with Gasteiger partial charge in [0.1, 0.15) is 42.8 Å². The molecule has 2 atom stereocenters. The lowest BCUT2D eigenvalue weighted by Crippen LogP contribution is -2.37. The van der Waals surface area contributed by atoms with E-state index in [0.29, 0.717) is 23.9 Å². The highest BCUT2D eigenvalue weighted by molar-refractivity contribution is 7.47. The van der Waals surface area contributed by atoms with Crippen molar-refractivity contribution in [3.8, 4) is 0 Å². The molecule has 0 fully saturated rings.